The Hall–Kier alpha value is -2.85. The van der Waals surface area contributed by atoms with E-state index in [1.165, 1.54) is 11.3 Å². The van der Waals surface area contributed by atoms with Crippen LogP contribution in [0.3, 0.4) is 0 Å². The Balaban J connectivity index is 1.36. The molecule has 1 atom stereocenters. The number of hydrogen-bond acceptors (Lipinski definition) is 7. The summed E-state index contributed by atoms with van der Waals surface area (Å²) < 4.78 is 5.32. The molecule has 0 radical (unpaired) electrons. The summed E-state index contributed by atoms with van der Waals surface area (Å²) in [5, 5.41) is 6.35. The highest BCUT2D eigenvalue weighted by atomic mass is 32.2. The first-order chi connectivity index (χ1) is 14.0. The number of ether oxygens (including phenoxy) is 1. The molecule has 4 heterocycles. The quantitative estimate of drug-likeness (QED) is 0.591. The fraction of sp³-hybridized carbons (Fsp3) is 0.263. The number of benzene rings is 1. The van der Waals surface area contributed by atoms with Gasteiger partial charge in [-0.05, 0) is 30.2 Å². The number of nitrogens with zero attached hydrogens (tertiary/aromatic N) is 1. The van der Waals surface area contributed by atoms with E-state index in [9.17, 15) is 14.4 Å². The zero-order valence-electron chi connectivity index (χ0n) is 15.3. The summed E-state index contributed by atoms with van der Waals surface area (Å²) in [5.41, 5.74) is 2.13. The van der Waals surface area contributed by atoms with Gasteiger partial charge in [0.15, 0.2) is 6.61 Å². The Morgan fingerprint density at radius 3 is 3.10 bits per heavy atom. The van der Waals surface area contributed by atoms with Crippen molar-refractivity contribution >= 4 is 50.8 Å². The second kappa shape index (κ2) is 6.89. The molecule has 2 aliphatic heterocycles. The molecule has 3 N–H and O–H groups in total. The molecule has 0 saturated carbocycles. The van der Waals surface area contributed by atoms with Gasteiger partial charge in [-0.1, -0.05) is 6.07 Å². The average Bonchev–Trinajstić information content (AvgIpc) is 3.25. The van der Waals surface area contributed by atoms with Crippen LogP contribution in [0.1, 0.15) is 38.8 Å². The lowest BCUT2D eigenvalue weighted by atomic mass is 10.1. The number of nitrogens with one attached hydrogen (secondary N) is 3. The number of carbonyl (C=O) groups is 2. The largest absolute Gasteiger partial charge is 0.482 e. The second-order valence-corrected chi connectivity index (χ2v) is 9.25. The summed E-state index contributed by atoms with van der Waals surface area (Å²) >= 11 is 3.28. The molecule has 0 bridgehead atoms. The first-order valence-electron chi connectivity index (χ1n) is 9.00. The Morgan fingerprint density at radius 2 is 2.24 bits per heavy atom. The van der Waals surface area contributed by atoms with Crippen molar-refractivity contribution in [3.05, 3.63) is 50.4 Å². The van der Waals surface area contributed by atoms with Crippen LogP contribution in [0.4, 0.5) is 5.69 Å². The predicted molar refractivity (Wildman–Crippen MR) is 112 cm³/mol. The van der Waals surface area contributed by atoms with Crippen LogP contribution in [0.25, 0.3) is 10.2 Å². The van der Waals surface area contributed by atoms with Crippen molar-refractivity contribution in [3.8, 4) is 5.75 Å². The molecule has 2 aliphatic rings. The molecule has 148 valence electrons. The van der Waals surface area contributed by atoms with Crippen molar-refractivity contribution in [1.29, 1.82) is 0 Å². The van der Waals surface area contributed by atoms with Gasteiger partial charge in [-0.25, -0.2) is 4.98 Å². The van der Waals surface area contributed by atoms with Gasteiger partial charge < -0.3 is 20.4 Å². The first kappa shape index (κ1) is 18.2. The zero-order valence-corrected chi connectivity index (χ0v) is 17.0. The van der Waals surface area contributed by atoms with Crippen LogP contribution in [0.2, 0.25) is 0 Å². The van der Waals surface area contributed by atoms with Crippen molar-refractivity contribution in [2.24, 2.45) is 0 Å². The Labute approximate surface area is 173 Å². The minimum absolute atomic E-state index is 0.00248. The number of rotatable bonds is 3. The Kier molecular flexibility index (Phi) is 4.32. The summed E-state index contributed by atoms with van der Waals surface area (Å²) in [6.07, 6.45) is 0. The number of thioether (sulfide) groups is 1. The van der Waals surface area contributed by atoms with Crippen LogP contribution in [-0.2, 0) is 17.1 Å². The number of thiophene rings is 1. The minimum atomic E-state index is -0.460. The van der Waals surface area contributed by atoms with Gasteiger partial charge in [0.2, 0.25) is 5.82 Å². The fourth-order valence-corrected chi connectivity index (χ4v) is 6.07. The molecule has 0 saturated heterocycles. The van der Waals surface area contributed by atoms with Gasteiger partial charge in [0.05, 0.1) is 11.1 Å². The molecule has 1 aromatic carbocycles. The van der Waals surface area contributed by atoms with E-state index in [2.05, 4.69) is 27.5 Å². The Morgan fingerprint density at radius 1 is 1.38 bits per heavy atom. The highest BCUT2D eigenvalue weighted by molar-refractivity contribution is 7.99. The number of fused-ring (bicyclic) bond motifs is 4. The topological polar surface area (TPSA) is 113 Å². The van der Waals surface area contributed by atoms with Crippen molar-refractivity contribution < 1.29 is 14.3 Å². The van der Waals surface area contributed by atoms with Crippen molar-refractivity contribution in [3.63, 3.8) is 0 Å². The molecule has 0 aliphatic carbocycles. The molecule has 5 rings (SSSR count). The molecule has 3 aromatic rings. The van der Waals surface area contributed by atoms with E-state index in [4.69, 9.17) is 4.74 Å². The maximum absolute atomic E-state index is 12.6. The number of H-pyrrole nitrogens is 1. The van der Waals surface area contributed by atoms with Crippen LogP contribution >= 0.6 is 23.1 Å². The lowest BCUT2D eigenvalue weighted by Crippen LogP contribution is -2.28. The minimum Gasteiger partial charge on any atom is -0.482 e. The fourth-order valence-electron chi connectivity index (χ4n) is 3.51. The smallest absolute Gasteiger partial charge is 0.287 e. The Bertz CT molecular complexity index is 1230. The lowest BCUT2D eigenvalue weighted by molar-refractivity contribution is -0.118. The first-order valence-corrected chi connectivity index (χ1v) is 10.9. The van der Waals surface area contributed by atoms with E-state index in [1.807, 2.05) is 0 Å². The average molecular weight is 428 g/mol. The molecule has 8 nitrogen and oxygen atoms in total. The van der Waals surface area contributed by atoms with Crippen LogP contribution < -0.4 is 20.9 Å². The SMILES string of the molecule is CC1SCc2sc3nc(C(=O)NCc4ccc5c(c4)NC(=O)CO5)[nH]c(=O)c3c21. The second-order valence-electron chi connectivity index (χ2n) is 6.84. The molecule has 29 heavy (non-hydrogen) atoms. The molecule has 0 spiro atoms. The van der Waals surface area contributed by atoms with Crippen LogP contribution in [0.15, 0.2) is 23.0 Å². The normalized spacial score (nSPS) is 17.4. The molecular formula is C19H16N4O4S2. The molecule has 10 heteroatoms. The van der Waals surface area contributed by atoms with Crippen molar-refractivity contribution in [2.75, 3.05) is 11.9 Å². The summed E-state index contributed by atoms with van der Waals surface area (Å²) in [6.45, 7) is 2.29. The van der Waals surface area contributed by atoms with Crippen LogP contribution in [0, 0.1) is 0 Å². The number of hydrogen-bond donors (Lipinski definition) is 3. The molecular weight excluding hydrogens is 412 g/mol. The standard InChI is InChI=1S/C19H16N4O4S2/c1-8-14-12(7-28-8)29-19-15(14)17(25)22-16(23-19)18(26)20-5-9-2-3-11-10(4-9)21-13(24)6-27-11/h2-4,8H,5-7H2,1H3,(H,20,26)(H,21,24)(H,22,23,25). The number of anilines is 1. The maximum Gasteiger partial charge on any atom is 0.287 e. The van der Waals surface area contributed by atoms with Gasteiger partial charge in [0.1, 0.15) is 10.6 Å². The number of aromatic amines is 1. The van der Waals surface area contributed by atoms with Gasteiger partial charge >= 0.3 is 0 Å². The molecule has 2 amide bonds. The summed E-state index contributed by atoms with van der Waals surface area (Å²) in [7, 11) is 0. The summed E-state index contributed by atoms with van der Waals surface area (Å²) in [6, 6.07) is 5.29. The van der Waals surface area contributed by atoms with E-state index >= 15 is 0 Å². The number of aromatic nitrogens is 2. The van der Waals surface area contributed by atoms with E-state index in [0.717, 1.165) is 21.8 Å². The zero-order chi connectivity index (χ0) is 20.1. The van der Waals surface area contributed by atoms with E-state index < -0.39 is 5.91 Å². The van der Waals surface area contributed by atoms with Gasteiger partial charge in [0, 0.05) is 22.4 Å². The lowest BCUT2D eigenvalue weighted by Gasteiger charge is -2.18. The number of amides is 2. The molecule has 1 unspecified atom stereocenters. The highest BCUT2D eigenvalue weighted by Crippen LogP contribution is 2.47. The van der Waals surface area contributed by atoms with Crippen molar-refractivity contribution in [1.82, 2.24) is 15.3 Å². The third-order valence-corrected chi connectivity index (χ3v) is 7.36. The monoisotopic (exact) mass is 428 g/mol. The summed E-state index contributed by atoms with van der Waals surface area (Å²) in [4.78, 5) is 45.4. The number of carbonyl (C=O) groups excluding carboxylic acids is 2. The van der Waals surface area contributed by atoms with Gasteiger partial charge in [0.25, 0.3) is 17.4 Å². The van der Waals surface area contributed by atoms with E-state index in [0.29, 0.717) is 21.7 Å². The van der Waals surface area contributed by atoms with Gasteiger partial charge in [-0.15, -0.1) is 23.1 Å². The van der Waals surface area contributed by atoms with E-state index in [-0.39, 0.29) is 35.7 Å². The van der Waals surface area contributed by atoms with Gasteiger partial charge in [-0.3, -0.25) is 14.4 Å². The van der Waals surface area contributed by atoms with Crippen LogP contribution in [0.5, 0.6) is 5.75 Å². The van der Waals surface area contributed by atoms with E-state index in [1.54, 1.807) is 30.0 Å². The predicted octanol–water partition coefficient (Wildman–Crippen LogP) is 2.55. The third-order valence-electron chi connectivity index (χ3n) is 4.89. The highest BCUT2D eigenvalue weighted by Gasteiger charge is 2.27. The maximum atomic E-state index is 12.6. The van der Waals surface area contributed by atoms with Crippen molar-refractivity contribution in [2.45, 2.75) is 24.5 Å². The third kappa shape index (κ3) is 3.18. The summed E-state index contributed by atoms with van der Waals surface area (Å²) in [5.74, 6) is 0.783. The molecule has 0 fully saturated rings. The van der Waals surface area contributed by atoms with Gasteiger partial charge in [-0.2, -0.15) is 0 Å². The van der Waals surface area contributed by atoms with Crippen LogP contribution in [-0.4, -0.2) is 28.4 Å². The molecule has 2 aromatic heterocycles.